The summed E-state index contributed by atoms with van der Waals surface area (Å²) < 4.78 is 6.03. The highest BCUT2D eigenvalue weighted by Crippen LogP contribution is 2.37. The van der Waals surface area contributed by atoms with E-state index in [1.807, 2.05) is 6.07 Å². The molecule has 2 N–H and O–H groups in total. The van der Waals surface area contributed by atoms with E-state index < -0.39 is 0 Å². The summed E-state index contributed by atoms with van der Waals surface area (Å²) in [5.74, 6) is 0.702. The number of ether oxygens (including phenoxy) is 1. The van der Waals surface area contributed by atoms with Gasteiger partial charge in [-0.15, -0.1) is 0 Å². The number of hydrogen-bond donors (Lipinski definition) is 2. The third-order valence-electron chi connectivity index (χ3n) is 2.73. The first kappa shape index (κ1) is 10.8. The van der Waals surface area contributed by atoms with E-state index in [0.29, 0.717) is 11.8 Å². The van der Waals surface area contributed by atoms with E-state index in [1.54, 1.807) is 13.2 Å². The molecular formula is C11H14BrNO2. The minimum absolute atomic E-state index is 0.199. The molecule has 2 rings (SSSR count). The summed E-state index contributed by atoms with van der Waals surface area (Å²) in [7, 11) is 1.55. The van der Waals surface area contributed by atoms with E-state index in [9.17, 15) is 5.11 Å². The first-order valence-electron chi connectivity index (χ1n) is 5.02. The van der Waals surface area contributed by atoms with Crippen LogP contribution in [0.5, 0.6) is 11.5 Å². The van der Waals surface area contributed by atoms with Gasteiger partial charge in [0.2, 0.25) is 0 Å². The highest BCUT2D eigenvalue weighted by molar-refractivity contribution is 9.10. The number of nitrogens with one attached hydrogen (secondary N) is 1. The molecule has 0 aliphatic carbocycles. The SMILES string of the molecule is COc1cc(Br)c(C2CCCN2)cc1O. The monoisotopic (exact) mass is 271 g/mol. The van der Waals surface area contributed by atoms with Gasteiger partial charge >= 0.3 is 0 Å². The van der Waals surface area contributed by atoms with E-state index in [-0.39, 0.29) is 5.75 Å². The van der Waals surface area contributed by atoms with E-state index in [0.717, 1.165) is 23.0 Å². The molecule has 82 valence electrons. The van der Waals surface area contributed by atoms with Crippen LogP contribution in [-0.2, 0) is 0 Å². The van der Waals surface area contributed by atoms with Crippen LogP contribution in [-0.4, -0.2) is 18.8 Å². The van der Waals surface area contributed by atoms with E-state index in [1.165, 1.54) is 6.42 Å². The van der Waals surface area contributed by atoms with Gasteiger partial charge in [-0.3, -0.25) is 0 Å². The van der Waals surface area contributed by atoms with Crippen molar-refractivity contribution in [1.29, 1.82) is 0 Å². The standard InChI is InChI=1S/C11H14BrNO2/c1-15-11-6-8(12)7(5-10(11)14)9-3-2-4-13-9/h5-6,9,13-14H,2-4H2,1H3. The predicted octanol–water partition coefficient (Wildman–Crippen LogP) is 2.59. The van der Waals surface area contributed by atoms with Crippen LogP contribution < -0.4 is 10.1 Å². The second-order valence-corrected chi connectivity index (χ2v) is 4.55. The molecule has 1 fully saturated rings. The summed E-state index contributed by atoms with van der Waals surface area (Å²) in [4.78, 5) is 0. The second-order valence-electron chi connectivity index (χ2n) is 3.69. The van der Waals surface area contributed by atoms with Gasteiger partial charge in [-0.2, -0.15) is 0 Å². The van der Waals surface area contributed by atoms with Crippen molar-refractivity contribution in [2.24, 2.45) is 0 Å². The number of methoxy groups -OCH3 is 1. The van der Waals surface area contributed by atoms with Crippen molar-refractivity contribution in [2.75, 3.05) is 13.7 Å². The predicted molar refractivity (Wildman–Crippen MR) is 62.3 cm³/mol. The van der Waals surface area contributed by atoms with Crippen LogP contribution in [0, 0.1) is 0 Å². The number of hydrogen-bond acceptors (Lipinski definition) is 3. The summed E-state index contributed by atoms with van der Waals surface area (Å²) in [6, 6.07) is 3.92. The molecule has 1 aliphatic heterocycles. The largest absolute Gasteiger partial charge is 0.504 e. The van der Waals surface area contributed by atoms with Gasteiger partial charge < -0.3 is 15.2 Å². The Morgan fingerprint density at radius 3 is 2.93 bits per heavy atom. The number of aromatic hydroxyl groups is 1. The maximum atomic E-state index is 9.70. The van der Waals surface area contributed by atoms with Gasteiger partial charge in [-0.05, 0) is 37.1 Å². The topological polar surface area (TPSA) is 41.5 Å². The van der Waals surface area contributed by atoms with Crippen molar-refractivity contribution in [1.82, 2.24) is 5.32 Å². The maximum absolute atomic E-state index is 9.70. The molecule has 0 spiro atoms. The molecule has 1 aromatic carbocycles. The van der Waals surface area contributed by atoms with Gasteiger partial charge in [0.05, 0.1) is 7.11 Å². The van der Waals surface area contributed by atoms with Crippen LogP contribution in [0.4, 0.5) is 0 Å². The Kier molecular flexibility index (Phi) is 3.17. The number of benzene rings is 1. The zero-order valence-electron chi connectivity index (χ0n) is 8.59. The van der Waals surface area contributed by atoms with Crippen LogP contribution in [0.2, 0.25) is 0 Å². The van der Waals surface area contributed by atoms with Crippen LogP contribution in [0.15, 0.2) is 16.6 Å². The maximum Gasteiger partial charge on any atom is 0.161 e. The number of phenols is 1. The Bertz CT molecular complexity index is 362. The smallest absolute Gasteiger partial charge is 0.161 e. The van der Waals surface area contributed by atoms with Crippen molar-refractivity contribution in [2.45, 2.75) is 18.9 Å². The molecule has 1 atom stereocenters. The van der Waals surface area contributed by atoms with Gasteiger partial charge in [0.1, 0.15) is 0 Å². The molecule has 15 heavy (non-hydrogen) atoms. The summed E-state index contributed by atoms with van der Waals surface area (Å²) in [6.07, 6.45) is 2.30. The Balaban J connectivity index is 2.35. The minimum Gasteiger partial charge on any atom is -0.504 e. The number of phenolic OH excluding ortho intramolecular Hbond substituents is 1. The first-order valence-corrected chi connectivity index (χ1v) is 5.81. The second kappa shape index (κ2) is 4.41. The molecule has 4 heteroatoms. The average molecular weight is 272 g/mol. The molecular weight excluding hydrogens is 258 g/mol. The zero-order chi connectivity index (χ0) is 10.8. The zero-order valence-corrected chi connectivity index (χ0v) is 10.2. The third kappa shape index (κ3) is 2.11. The summed E-state index contributed by atoms with van der Waals surface area (Å²) in [6.45, 7) is 1.05. The number of rotatable bonds is 2. The Morgan fingerprint density at radius 1 is 1.53 bits per heavy atom. The average Bonchev–Trinajstić information content (AvgIpc) is 2.74. The molecule has 1 aliphatic rings. The van der Waals surface area contributed by atoms with Crippen molar-refractivity contribution in [3.8, 4) is 11.5 Å². The lowest BCUT2D eigenvalue weighted by Crippen LogP contribution is -2.13. The lowest BCUT2D eigenvalue weighted by atomic mass is 10.0. The van der Waals surface area contributed by atoms with Gasteiger partial charge in [0.25, 0.3) is 0 Å². The normalized spacial score (nSPS) is 20.5. The van der Waals surface area contributed by atoms with E-state index >= 15 is 0 Å². The molecule has 3 nitrogen and oxygen atoms in total. The van der Waals surface area contributed by atoms with Crippen LogP contribution in [0.1, 0.15) is 24.4 Å². The quantitative estimate of drug-likeness (QED) is 0.869. The molecule has 0 bridgehead atoms. The van der Waals surface area contributed by atoms with Crippen molar-refractivity contribution in [3.63, 3.8) is 0 Å². The molecule has 0 amide bonds. The molecule has 0 aromatic heterocycles. The molecule has 1 unspecified atom stereocenters. The van der Waals surface area contributed by atoms with E-state index in [2.05, 4.69) is 21.2 Å². The van der Waals surface area contributed by atoms with Crippen molar-refractivity contribution >= 4 is 15.9 Å². The lowest BCUT2D eigenvalue weighted by molar-refractivity contribution is 0.372. The number of halogens is 1. The molecule has 1 heterocycles. The van der Waals surface area contributed by atoms with Gasteiger partial charge in [0.15, 0.2) is 11.5 Å². The molecule has 0 radical (unpaired) electrons. The fourth-order valence-corrected chi connectivity index (χ4v) is 2.54. The highest BCUT2D eigenvalue weighted by Gasteiger charge is 2.20. The molecule has 0 saturated carbocycles. The van der Waals surface area contributed by atoms with Crippen molar-refractivity contribution < 1.29 is 9.84 Å². The first-order chi connectivity index (χ1) is 7.22. The van der Waals surface area contributed by atoms with Crippen LogP contribution in [0.3, 0.4) is 0 Å². The summed E-state index contributed by atoms with van der Waals surface area (Å²) in [5, 5.41) is 13.1. The van der Waals surface area contributed by atoms with Gasteiger partial charge in [-0.25, -0.2) is 0 Å². The Labute approximate surface area is 97.6 Å². The molecule has 1 saturated heterocycles. The Morgan fingerprint density at radius 2 is 2.33 bits per heavy atom. The third-order valence-corrected chi connectivity index (χ3v) is 3.42. The lowest BCUT2D eigenvalue weighted by Gasteiger charge is -2.14. The van der Waals surface area contributed by atoms with Crippen molar-refractivity contribution in [3.05, 3.63) is 22.2 Å². The minimum atomic E-state index is 0.199. The van der Waals surface area contributed by atoms with Crippen LogP contribution >= 0.6 is 15.9 Å². The van der Waals surface area contributed by atoms with E-state index in [4.69, 9.17) is 4.74 Å². The highest BCUT2D eigenvalue weighted by atomic mass is 79.9. The molecule has 1 aromatic rings. The fraction of sp³-hybridized carbons (Fsp3) is 0.455. The Hall–Kier alpha value is -0.740. The van der Waals surface area contributed by atoms with Gasteiger partial charge in [0, 0.05) is 10.5 Å². The summed E-state index contributed by atoms with van der Waals surface area (Å²) >= 11 is 3.50. The fourth-order valence-electron chi connectivity index (χ4n) is 1.94. The van der Waals surface area contributed by atoms with Crippen LogP contribution in [0.25, 0.3) is 0 Å². The van der Waals surface area contributed by atoms with Gasteiger partial charge in [-0.1, -0.05) is 15.9 Å². The summed E-state index contributed by atoms with van der Waals surface area (Å²) in [5.41, 5.74) is 1.10.